The van der Waals surface area contributed by atoms with E-state index in [1.54, 1.807) is 17.2 Å². The molecule has 224 valence electrons. The van der Waals surface area contributed by atoms with Crippen molar-refractivity contribution in [1.29, 1.82) is 0 Å². The number of aliphatic hydroxyl groups excluding tert-OH is 1. The van der Waals surface area contributed by atoms with E-state index in [0.29, 0.717) is 57.7 Å². The number of allylic oxidation sites excluding steroid dienone is 1. The Kier molecular flexibility index (Phi) is 9.27. The maximum Gasteiger partial charge on any atom is 0.417 e. The van der Waals surface area contributed by atoms with Crippen LogP contribution in [0.3, 0.4) is 0 Å². The van der Waals surface area contributed by atoms with E-state index in [2.05, 4.69) is 15.3 Å². The molecule has 1 aromatic carbocycles. The zero-order valence-electron chi connectivity index (χ0n) is 22.9. The molecular formula is C28H37F3N6O3S. The standard InChI is InChI=1S/C28H37F3N6O3S/c29-28(30,31)22-4-3-19(13-24(22)41-17-25(39)36-9-1-2-10-36)26-21-14-33-8-5-23(21)37(34-26)16-20(38)15-35-11-6-18(7-12-35)27(32)40/h3-5,8,13,18,20-21,26,34,38H,1-2,6-7,9-12,14-17H2,(H2,32,40). The van der Waals surface area contributed by atoms with Gasteiger partial charge in [0.15, 0.2) is 0 Å². The largest absolute Gasteiger partial charge is 0.417 e. The van der Waals surface area contributed by atoms with Crippen LogP contribution in [0.5, 0.6) is 0 Å². The lowest BCUT2D eigenvalue weighted by Gasteiger charge is -2.33. The second kappa shape index (κ2) is 12.7. The van der Waals surface area contributed by atoms with Crippen molar-refractivity contribution in [3.05, 3.63) is 41.1 Å². The minimum Gasteiger partial charge on any atom is -0.390 e. The molecule has 9 nitrogen and oxygen atoms in total. The van der Waals surface area contributed by atoms with Gasteiger partial charge < -0.3 is 25.6 Å². The number of aliphatic hydroxyl groups is 1. The van der Waals surface area contributed by atoms with E-state index >= 15 is 0 Å². The number of amides is 2. The maximum atomic E-state index is 13.9. The molecule has 41 heavy (non-hydrogen) atoms. The first-order chi connectivity index (χ1) is 19.6. The molecule has 0 saturated carbocycles. The van der Waals surface area contributed by atoms with E-state index in [1.807, 2.05) is 11.1 Å². The zero-order chi connectivity index (χ0) is 29.1. The molecule has 0 spiro atoms. The van der Waals surface area contributed by atoms with Crippen molar-refractivity contribution in [2.24, 2.45) is 22.6 Å². The van der Waals surface area contributed by atoms with E-state index < -0.39 is 17.8 Å². The van der Waals surface area contributed by atoms with Gasteiger partial charge in [-0.25, -0.2) is 5.43 Å². The van der Waals surface area contributed by atoms with Crippen molar-refractivity contribution in [3.63, 3.8) is 0 Å². The lowest BCUT2D eigenvalue weighted by molar-refractivity contribution is -0.139. The van der Waals surface area contributed by atoms with Gasteiger partial charge in [-0.3, -0.25) is 14.6 Å². The lowest BCUT2D eigenvalue weighted by atomic mass is 9.90. The summed E-state index contributed by atoms with van der Waals surface area (Å²) < 4.78 is 41.7. The number of fused-ring (bicyclic) bond motifs is 1. The number of carbonyl (C=O) groups excluding carboxylic acids is 2. The van der Waals surface area contributed by atoms with Gasteiger partial charge in [0.05, 0.1) is 30.0 Å². The predicted molar refractivity (Wildman–Crippen MR) is 150 cm³/mol. The van der Waals surface area contributed by atoms with Crippen LogP contribution in [-0.4, -0.2) is 95.6 Å². The predicted octanol–water partition coefficient (Wildman–Crippen LogP) is 2.42. The highest BCUT2D eigenvalue weighted by Gasteiger charge is 2.41. The molecule has 5 rings (SSSR count). The zero-order valence-corrected chi connectivity index (χ0v) is 23.7. The highest BCUT2D eigenvalue weighted by atomic mass is 32.2. The van der Waals surface area contributed by atoms with Crippen LogP contribution < -0.4 is 11.2 Å². The van der Waals surface area contributed by atoms with Crippen LogP contribution in [0.15, 0.2) is 39.9 Å². The number of piperidine rings is 1. The third-order valence-electron chi connectivity index (χ3n) is 8.37. The highest BCUT2D eigenvalue weighted by molar-refractivity contribution is 8.00. The Morgan fingerprint density at radius 1 is 1.15 bits per heavy atom. The number of likely N-dealkylation sites (tertiary alicyclic amines) is 2. The van der Waals surface area contributed by atoms with Gasteiger partial charge in [0.25, 0.3) is 0 Å². The molecule has 0 aliphatic carbocycles. The van der Waals surface area contributed by atoms with Gasteiger partial charge in [-0.15, -0.1) is 11.8 Å². The number of alkyl halides is 3. The van der Waals surface area contributed by atoms with Crippen molar-refractivity contribution in [1.82, 2.24) is 20.2 Å². The molecule has 1 aromatic rings. The van der Waals surface area contributed by atoms with Crippen LogP contribution in [0, 0.1) is 11.8 Å². The van der Waals surface area contributed by atoms with Gasteiger partial charge in [0.1, 0.15) is 0 Å². The molecular weight excluding hydrogens is 557 g/mol. The smallest absolute Gasteiger partial charge is 0.390 e. The average molecular weight is 595 g/mol. The third-order valence-corrected chi connectivity index (χ3v) is 9.41. The second-order valence-corrected chi connectivity index (χ2v) is 12.2. The number of hydrazine groups is 1. The number of halogens is 3. The van der Waals surface area contributed by atoms with Crippen molar-refractivity contribution in [3.8, 4) is 0 Å². The summed E-state index contributed by atoms with van der Waals surface area (Å²) in [7, 11) is 0. The molecule has 13 heteroatoms. The van der Waals surface area contributed by atoms with E-state index in [-0.39, 0.29) is 46.9 Å². The first kappa shape index (κ1) is 29.9. The first-order valence-electron chi connectivity index (χ1n) is 14.2. The van der Waals surface area contributed by atoms with Gasteiger partial charge in [0, 0.05) is 54.8 Å². The number of carbonyl (C=O) groups is 2. The normalized spacial score (nSPS) is 24.4. The van der Waals surface area contributed by atoms with Gasteiger partial charge in [-0.2, -0.15) is 13.2 Å². The Morgan fingerprint density at radius 2 is 1.88 bits per heavy atom. The van der Waals surface area contributed by atoms with Crippen LogP contribution in [-0.2, 0) is 15.8 Å². The van der Waals surface area contributed by atoms with E-state index in [4.69, 9.17) is 5.73 Å². The minimum atomic E-state index is -4.54. The van der Waals surface area contributed by atoms with Crippen molar-refractivity contribution < 1.29 is 27.9 Å². The molecule has 2 amide bonds. The number of primary amides is 1. The van der Waals surface area contributed by atoms with Crippen molar-refractivity contribution in [2.75, 3.05) is 51.6 Å². The number of β-amino-alcohol motifs (C(OH)–C–C–N with tert-alkyl or cyclic N) is 1. The number of thioether (sulfide) groups is 1. The summed E-state index contributed by atoms with van der Waals surface area (Å²) in [6.07, 6.45) is 1.55. The Hall–Kier alpha value is -2.61. The average Bonchev–Trinajstić information content (AvgIpc) is 3.60. The van der Waals surface area contributed by atoms with Gasteiger partial charge >= 0.3 is 6.18 Å². The van der Waals surface area contributed by atoms with Crippen LogP contribution in [0.4, 0.5) is 13.2 Å². The SMILES string of the molecule is NC(=O)C1CCN(CC(O)CN2NC(c3ccc(C(F)(F)F)c(SCC(=O)N4CCCC4)c3)C3CN=CC=C32)CC1. The van der Waals surface area contributed by atoms with E-state index in [1.165, 1.54) is 6.07 Å². The molecule has 4 heterocycles. The number of hydrogen-bond acceptors (Lipinski definition) is 8. The lowest BCUT2D eigenvalue weighted by Crippen LogP contribution is -2.46. The molecule has 3 unspecified atom stereocenters. The molecule has 4 N–H and O–H groups in total. The number of nitrogens with two attached hydrogens (primary N) is 1. The summed E-state index contributed by atoms with van der Waals surface area (Å²) in [6.45, 7) is 3.87. The van der Waals surface area contributed by atoms with Crippen molar-refractivity contribution >= 4 is 29.8 Å². The highest BCUT2D eigenvalue weighted by Crippen LogP contribution is 2.42. The Morgan fingerprint density at radius 3 is 2.56 bits per heavy atom. The Bertz CT molecular complexity index is 1180. The van der Waals surface area contributed by atoms with Crippen LogP contribution in [0.25, 0.3) is 0 Å². The van der Waals surface area contributed by atoms with E-state index in [9.17, 15) is 27.9 Å². The van der Waals surface area contributed by atoms with E-state index in [0.717, 1.165) is 36.4 Å². The number of dihydropyridines is 1. The summed E-state index contributed by atoms with van der Waals surface area (Å²) in [6, 6.07) is 3.79. The van der Waals surface area contributed by atoms with Gasteiger partial charge in [0.2, 0.25) is 11.8 Å². The molecule has 0 radical (unpaired) electrons. The molecule has 3 saturated heterocycles. The second-order valence-electron chi connectivity index (χ2n) is 11.2. The Labute approximate surface area is 242 Å². The van der Waals surface area contributed by atoms with Crippen LogP contribution >= 0.6 is 11.8 Å². The summed E-state index contributed by atoms with van der Waals surface area (Å²) in [4.78, 5) is 32.3. The monoisotopic (exact) mass is 594 g/mol. The molecule has 4 aliphatic rings. The molecule has 3 fully saturated rings. The summed E-state index contributed by atoms with van der Waals surface area (Å²) in [5, 5.41) is 12.8. The topological polar surface area (TPSA) is 114 Å². The Balaban J connectivity index is 1.28. The van der Waals surface area contributed by atoms with Crippen LogP contribution in [0.2, 0.25) is 0 Å². The summed E-state index contributed by atoms with van der Waals surface area (Å²) in [5.41, 5.74) is 9.69. The number of nitrogens with one attached hydrogen (secondary N) is 1. The van der Waals surface area contributed by atoms with Crippen LogP contribution in [0.1, 0.15) is 42.9 Å². The number of nitrogens with zero attached hydrogens (tertiary/aromatic N) is 4. The molecule has 4 aliphatic heterocycles. The fourth-order valence-electron chi connectivity index (χ4n) is 6.13. The molecule has 3 atom stereocenters. The number of benzene rings is 1. The quantitative estimate of drug-likeness (QED) is 0.377. The number of hydrogen-bond donors (Lipinski definition) is 3. The fraction of sp³-hybridized carbons (Fsp3) is 0.607. The third kappa shape index (κ3) is 7.07. The molecule has 0 bridgehead atoms. The number of aliphatic imine (C=N–C) groups is 1. The van der Waals surface area contributed by atoms with Gasteiger partial charge in [-0.05, 0) is 62.5 Å². The summed E-state index contributed by atoms with van der Waals surface area (Å²) >= 11 is 0.933. The maximum absolute atomic E-state index is 13.9. The number of rotatable bonds is 9. The summed E-state index contributed by atoms with van der Waals surface area (Å²) in [5.74, 6) is -0.701. The first-order valence-corrected chi connectivity index (χ1v) is 15.1. The minimum absolute atomic E-state index is 0.0343. The molecule has 0 aromatic heterocycles. The fourth-order valence-corrected chi connectivity index (χ4v) is 7.15. The van der Waals surface area contributed by atoms with Gasteiger partial charge in [-0.1, -0.05) is 6.07 Å². The van der Waals surface area contributed by atoms with Crippen molar-refractivity contribution in [2.45, 2.75) is 48.9 Å².